The zero-order valence-corrected chi connectivity index (χ0v) is 11.5. The number of pyridine rings is 1. The third-order valence-corrected chi connectivity index (χ3v) is 2.72. The van der Waals surface area contributed by atoms with Gasteiger partial charge in [-0.25, -0.2) is 9.50 Å². The summed E-state index contributed by atoms with van der Waals surface area (Å²) in [4.78, 5) is 4.47. The van der Waals surface area contributed by atoms with Gasteiger partial charge in [-0.05, 0) is 11.6 Å². The maximum atomic E-state index is 9.27. The number of rotatable bonds is 6. The Morgan fingerprint density at radius 3 is 2.79 bits per heavy atom. The van der Waals surface area contributed by atoms with Gasteiger partial charge in [0.2, 0.25) is 0 Å². The standard InChI is InChI=1S/C13H19N3O3/c1-9(2)12-14-13-11(19-5-4-18-3)6-10(8-17)7-16(13)15-12/h6-7,9,17H,4-5,8H2,1-3H3. The first-order valence-electron chi connectivity index (χ1n) is 6.27. The summed E-state index contributed by atoms with van der Waals surface area (Å²) in [5.74, 6) is 1.61. The van der Waals surface area contributed by atoms with Crippen LogP contribution in [0.3, 0.4) is 0 Å². The van der Waals surface area contributed by atoms with Gasteiger partial charge >= 0.3 is 0 Å². The van der Waals surface area contributed by atoms with Crippen LogP contribution in [0.1, 0.15) is 31.2 Å². The Bertz CT molecular complexity index is 551. The molecule has 6 nitrogen and oxygen atoms in total. The van der Waals surface area contributed by atoms with Gasteiger partial charge in [-0.2, -0.15) is 5.10 Å². The summed E-state index contributed by atoms with van der Waals surface area (Å²) in [6.45, 7) is 4.94. The molecule has 0 aliphatic carbocycles. The number of ether oxygens (including phenoxy) is 2. The topological polar surface area (TPSA) is 68.9 Å². The molecule has 0 saturated carbocycles. The van der Waals surface area contributed by atoms with E-state index in [9.17, 15) is 5.11 Å². The van der Waals surface area contributed by atoms with Gasteiger partial charge in [0.05, 0.1) is 13.2 Å². The summed E-state index contributed by atoms with van der Waals surface area (Å²) in [5.41, 5.74) is 1.40. The molecule has 2 heterocycles. The molecule has 1 N–H and O–H groups in total. The fourth-order valence-electron chi connectivity index (χ4n) is 1.70. The normalized spacial score (nSPS) is 11.4. The van der Waals surface area contributed by atoms with Crippen molar-refractivity contribution in [2.45, 2.75) is 26.4 Å². The molecule has 0 radical (unpaired) electrons. The van der Waals surface area contributed by atoms with E-state index in [0.717, 1.165) is 11.4 Å². The third kappa shape index (κ3) is 3.02. The van der Waals surface area contributed by atoms with Gasteiger partial charge in [0.25, 0.3) is 0 Å². The Morgan fingerprint density at radius 2 is 2.16 bits per heavy atom. The van der Waals surface area contributed by atoms with Crippen LogP contribution in [-0.4, -0.2) is 40.0 Å². The number of fused-ring (bicyclic) bond motifs is 1. The van der Waals surface area contributed by atoms with Crippen molar-refractivity contribution >= 4 is 5.65 Å². The number of nitrogens with zero attached hydrogens (tertiary/aromatic N) is 3. The average molecular weight is 265 g/mol. The quantitative estimate of drug-likeness (QED) is 0.799. The van der Waals surface area contributed by atoms with E-state index >= 15 is 0 Å². The Kier molecular flexibility index (Phi) is 4.34. The highest BCUT2D eigenvalue weighted by atomic mass is 16.5. The zero-order valence-electron chi connectivity index (χ0n) is 11.5. The van der Waals surface area contributed by atoms with E-state index in [4.69, 9.17) is 9.47 Å². The molecule has 0 atom stereocenters. The first-order chi connectivity index (χ1) is 9.15. The van der Waals surface area contributed by atoms with Crippen LogP contribution in [0.15, 0.2) is 12.3 Å². The lowest BCUT2D eigenvalue weighted by Gasteiger charge is -2.07. The number of methoxy groups -OCH3 is 1. The summed E-state index contributed by atoms with van der Waals surface area (Å²) < 4.78 is 12.2. The van der Waals surface area contributed by atoms with Crippen molar-refractivity contribution in [3.8, 4) is 5.75 Å². The Labute approximate surface area is 112 Å². The lowest BCUT2D eigenvalue weighted by molar-refractivity contribution is 0.146. The summed E-state index contributed by atoms with van der Waals surface area (Å²) in [6, 6.07) is 1.78. The summed E-state index contributed by atoms with van der Waals surface area (Å²) in [5, 5.41) is 13.7. The minimum absolute atomic E-state index is 0.0621. The minimum atomic E-state index is -0.0621. The zero-order chi connectivity index (χ0) is 13.8. The molecular formula is C13H19N3O3. The highest BCUT2D eigenvalue weighted by molar-refractivity contribution is 5.54. The second-order valence-electron chi connectivity index (χ2n) is 4.60. The lowest BCUT2D eigenvalue weighted by Crippen LogP contribution is -2.06. The fourth-order valence-corrected chi connectivity index (χ4v) is 1.70. The van der Waals surface area contributed by atoms with Gasteiger partial charge in [0.1, 0.15) is 6.61 Å². The van der Waals surface area contributed by atoms with Crippen LogP contribution in [-0.2, 0) is 11.3 Å². The molecule has 2 rings (SSSR count). The first-order valence-corrected chi connectivity index (χ1v) is 6.27. The molecule has 19 heavy (non-hydrogen) atoms. The molecule has 0 unspecified atom stereocenters. The van der Waals surface area contributed by atoms with Gasteiger partial charge in [0.15, 0.2) is 17.2 Å². The fraction of sp³-hybridized carbons (Fsp3) is 0.538. The van der Waals surface area contributed by atoms with E-state index in [1.54, 1.807) is 23.9 Å². The smallest absolute Gasteiger partial charge is 0.198 e. The molecule has 0 fully saturated rings. The van der Waals surface area contributed by atoms with Crippen LogP contribution < -0.4 is 4.74 Å². The number of aromatic nitrogens is 3. The predicted molar refractivity (Wildman–Crippen MR) is 70.4 cm³/mol. The highest BCUT2D eigenvalue weighted by Crippen LogP contribution is 2.22. The van der Waals surface area contributed by atoms with Crippen molar-refractivity contribution in [3.05, 3.63) is 23.7 Å². The van der Waals surface area contributed by atoms with Gasteiger partial charge < -0.3 is 14.6 Å². The maximum absolute atomic E-state index is 9.27. The maximum Gasteiger partial charge on any atom is 0.198 e. The second kappa shape index (κ2) is 5.99. The van der Waals surface area contributed by atoms with Crippen LogP contribution >= 0.6 is 0 Å². The van der Waals surface area contributed by atoms with Crippen molar-refractivity contribution in [2.24, 2.45) is 0 Å². The molecule has 0 spiro atoms. The molecule has 0 aliphatic rings. The van der Waals surface area contributed by atoms with Crippen LogP contribution in [0.25, 0.3) is 5.65 Å². The van der Waals surface area contributed by atoms with Crippen LogP contribution in [0.5, 0.6) is 5.75 Å². The summed E-state index contributed by atoms with van der Waals surface area (Å²) >= 11 is 0. The molecule has 0 saturated heterocycles. The number of hydrogen-bond donors (Lipinski definition) is 1. The van der Waals surface area contributed by atoms with Crippen molar-refractivity contribution in [3.63, 3.8) is 0 Å². The van der Waals surface area contributed by atoms with Crippen LogP contribution in [0, 0.1) is 0 Å². The van der Waals surface area contributed by atoms with E-state index in [2.05, 4.69) is 10.1 Å². The molecule has 0 aromatic carbocycles. The summed E-state index contributed by atoms with van der Waals surface area (Å²) in [6.07, 6.45) is 1.76. The monoisotopic (exact) mass is 265 g/mol. The predicted octanol–water partition coefficient (Wildman–Crippen LogP) is 1.37. The number of aliphatic hydroxyl groups is 1. The molecule has 104 valence electrons. The summed E-state index contributed by atoms with van der Waals surface area (Å²) in [7, 11) is 1.62. The molecule has 0 aliphatic heterocycles. The molecule has 0 bridgehead atoms. The minimum Gasteiger partial charge on any atom is -0.487 e. The van der Waals surface area contributed by atoms with Gasteiger partial charge in [-0.1, -0.05) is 13.8 Å². The van der Waals surface area contributed by atoms with E-state index < -0.39 is 0 Å². The lowest BCUT2D eigenvalue weighted by atomic mass is 10.2. The molecule has 6 heteroatoms. The Hall–Kier alpha value is -1.66. The first kappa shape index (κ1) is 13.8. The number of aliphatic hydroxyl groups excluding tert-OH is 1. The Balaban J connectivity index is 2.40. The van der Waals surface area contributed by atoms with E-state index in [0.29, 0.717) is 24.6 Å². The Morgan fingerprint density at radius 1 is 1.37 bits per heavy atom. The molecule has 0 amide bonds. The van der Waals surface area contributed by atoms with Gasteiger partial charge in [0, 0.05) is 19.2 Å². The van der Waals surface area contributed by atoms with Gasteiger partial charge in [-0.15, -0.1) is 0 Å². The van der Waals surface area contributed by atoms with Crippen molar-refractivity contribution in [1.82, 2.24) is 14.6 Å². The van der Waals surface area contributed by atoms with Crippen molar-refractivity contribution in [1.29, 1.82) is 0 Å². The third-order valence-electron chi connectivity index (χ3n) is 2.72. The second-order valence-corrected chi connectivity index (χ2v) is 4.60. The van der Waals surface area contributed by atoms with E-state index in [-0.39, 0.29) is 12.5 Å². The van der Waals surface area contributed by atoms with Crippen LogP contribution in [0.2, 0.25) is 0 Å². The largest absolute Gasteiger partial charge is 0.487 e. The number of hydrogen-bond acceptors (Lipinski definition) is 5. The van der Waals surface area contributed by atoms with E-state index in [1.165, 1.54) is 0 Å². The van der Waals surface area contributed by atoms with Crippen molar-refractivity contribution < 1.29 is 14.6 Å². The SMILES string of the molecule is COCCOc1cc(CO)cn2nc(C(C)C)nc12. The average Bonchev–Trinajstić information content (AvgIpc) is 2.83. The van der Waals surface area contributed by atoms with E-state index in [1.807, 2.05) is 13.8 Å². The van der Waals surface area contributed by atoms with Crippen molar-refractivity contribution in [2.75, 3.05) is 20.3 Å². The highest BCUT2D eigenvalue weighted by Gasteiger charge is 2.13. The molecule has 2 aromatic rings. The van der Waals surface area contributed by atoms with Crippen LogP contribution in [0.4, 0.5) is 0 Å². The molecular weight excluding hydrogens is 246 g/mol. The van der Waals surface area contributed by atoms with Gasteiger partial charge in [-0.3, -0.25) is 0 Å². The molecule has 2 aromatic heterocycles.